The Morgan fingerprint density at radius 3 is 2.05 bits per heavy atom. The number of hydrogen-bond acceptors (Lipinski definition) is 2. The first-order valence-electron chi connectivity index (χ1n) is 7.63. The molecule has 22 heavy (non-hydrogen) atoms. The predicted octanol–water partition coefficient (Wildman–Crippen LogP) is 3.13. The number of amides is 2. The van der Waals surface area contributed by atoms with Crippen LogP contribution in [0.5, 0.6) is 0 Å². The van der Waals surface area contributed by atoms with Crippen molar-refractivity contribution in [1.82, 2.24) is 10.7 Å². The molecule has 0 spiro atoms. The SMILES string of the molecule is O=C(NCC1CC1)NN=C1c2ccccc2-c2ccccc21. The quantitative estimate of drug-likeness (QED) is 0.716. The van der Waals surface area contributed by atoms with E-state index in [9.17, 15) is 4.79 Å². The largest absolute Gasteiger partial charge is 0.336 e. The Morgan fingerprint density at radius 1 is 0.955 bits per heavy atom. The van der Waals surface area contributed by atoms with Crippen LogP contribution in [0.25, 0.3) is 11.1 Å². The molecule has 4 rings (SSSR count). The topological polar surface area (TPSA) is 53.5 Å². The molecule has 4 nitrogen and oxygen atoms in total. The highest BCUT2D eigenvalue weighted by molar-refractivity contribution is 6.24. The molecule has 1 saturated carbocycles. The molecule has 0 aliphatic heterocycles. The predicted molar refractivity (Wildman–Crippen MR) is 86.8 cm³/mol. The van der Waals surface area contributed by atoms with Gasteiger partial charge in [0.15, 0.2) is 0 Å². The van der Waals surface area contributed by atoms with Crippen molar-refractivity contribution in [2.24, 2.45) is 11.0 Å². The lowest BCUT2D eigenvalue weighted by Crippen LogP contribution is -2.34. The highest BCUT2D eigenvalue weighted by Gasteiger charge is 2.24. The van der Waals surface area contributed by atoms with E-state index in [1.54, 1.807) is 0 Å². The van der Waals surface area contributed by atoms with Crippen molar-refractivity contribution in [3.05, 3.63) is 59.7 Å². The fourth-order valence-corrected chi connectivity index (χ4v) is 2.82. The van der Waals surface area contributed by atoms with Crippen LogP contribution in [-0.2, 0) is 0 Å². The Morgan fingerprint density at radius 2 is 1.50 bits per heavy atom. The molecule has 2 aromatic rings. The number of nitrogens with zero attached hydrogens (tertiary/aromatic N) is 1. The third kappa shape index (κ3) is 2.37. The molecule has 0 radical (unpaired) electrons. The summed E-state index contributed by atoms with van der Waals surface area (Å²) in [6.07, 6.45) is 2.44. The molecule has 2 N–H and O–H groups in total. The van der Waals surface area contributed by atoms with Gasteiger partial charge in [0.2, 0.25) is 0 Å². The van der Waals surface area contributed by atoms with Crippen LogP contribution in [0.15, 0.2) is 53.6 Å². The summed E-state index contributed by atoms with van der Waals surface area (Å²) in [7, 11) is 0. The molecule has 0 aromatic heterocycles. The van der Waals surface area contributed by atoms with Gasteiger partial charge in [0.25, 0.3) is 0 Å². The van der Waals surface area contributed by atoms with E-state index < -0.39 is 0 Å². The fourth-order valence-electron chi connectivity index (χ4n) is 2.82. The van der Waals surface area contributed by atoms with Gasteiger partial charge in [-0.1, -0.05) is 48.5 Å². The van der Waals surface area contributed by atoms with Crippen LogP contribution < -0.4 is 10.7 Å². The van der Waals surface area contributed by atoms with E-state index in [2.05, 4.69) is 28.0 Å². The molecule has 0 heterocycles. The number of fused-ring (bicyclic) bond motifs is 3. The van der Waals surface area contributed by atoms with E-state index in [1.807, 2.05) is 36.4 Å². The molecule has 1 fully saturated rings. The minimum Gasteiger partial charge on any atom is -0.336 e. The molecular formula is C18H17N3O. The highest BCUT2D eigenvalue weighted by atomic mass is 16.2. The Labute approximate surface area is 129 Å². The number of benzene rings is 2. The summed E-state index contributed by atoms with van der Waals surface area (Å²) in [5, 5.41) is 7.22. The maximum absolute atomic E-state index is 11.8. The zero-order valence-electron chi connectivity index (χ0n) is 12.2. The number of hydrogen-bond donors (Lipinski definition) is 2. The second kappa shape index (κ2) is 5.30. The van der Waals surface area contributed by atoms with E-state index in [0.29, 0.717) is 5.92 Å². The first kappa shape index (κ1) is 13.1. The van der Waals surface area contributed by atoms with Crippen LogP contribution in [0.4, 0.5) is 4.79 Å². The van der Waals surface area contributed by atoms with Crippen molar-refractivity contribution in [1.29, 1.82) is 0 Å². The number of hydrazone groups is 1. The van der Waals surface area contributed by atoms with Crippen molar-refractivity contribution in [3.8, 4) is 11.1 Å². The second-order valence-electron chi connectivity index (χ2n) is 5.82. The molecule has 4 heteroatoms. The summed E-state index contributed by atoms with van der Waals surface area (Å²) in [6.45, 7) is 0.740. The molecule has 2 amide bonds. The minimum atomic E-state index is -0.235. The van der Waals surface area contributed by atoms with Crippen LogP contribution in [0.3, 0.4) is 0 Å². The average Bonchev–Trinajstić information content (AvgIpc) is 3.33. The van der Waals surface area contributed by atoms with E-state index in [4.69, 9.17) is 0 Å². The molecule has 2 aliphatic rings. The highest BCUT2D eigenvalue weighted by Crippen LogP contribution is 2.36. The van der Waals surface area contributed by atoms with Gasteiger partial charge in [-0.05, 0) is 29.9 Å². The maximum Gasteiger partial charge on any atom is 0.335 e. The van der Waals surface area contributed by atoms with Gasteiger partial charge in [0, 0.05) is 17.7 Å². The lowest BCUT2D eigenvalue weighted by molar-refractivity contribution is 0.241. The van der Waals surface area contributed by atoms with E-state index in [0.717, 1.165) is 34.5 Å². The van der Waals surface area contributed by atoms with Gasteiger partial charge in [0.05, 0.1) is 5.71 Å². The zero-order chi connectivity index (χ0) is 14.9. The number of carbonyl (C=O) groups is 1. The van der Waals surface area contributed by atoms with Gasteiger partial charge >= 0.3 is 6.03 Å². The average molecular weight is 291 g/mol. The Kier molecular flexibility index (Phi) is 3.15. The van der Waals surface area contributed by atoms with Gasteiger partial charge in [-0.25, -0.2) is 10.2 Å². The Hall–Kier alpha value is -2.62. The van der Waals surface area contributed by atoms with E-state index in [-0.39, 0.29) is 6.03 Å². The van der Waals surface area contributed by atoms with Crippen LogP contribution >= 0.6 is 0 Å². The van der Waals surface area contributed by atoms with Gasteiger partial charge in [-0.3, -0.25) is 0 Å². The van der Waals surface area contributed by atoms with Crippen LogP contribution in [-0.4, -0.2) is 18.3 Å². The van der Waals surface area contributed by atoms with Crippen LogP contribution in [0.1, 0.15) is 24.0 Å². The standard InChI is InChI=1S/C18H17N3O/c22-18(19-11-12-9-10-12)21-20-17-15-7-3-1-5-13(15)14-6-2-4-8-16(14)17/h1-8,12H,9-11H2,(H2,19,21,22). The van der Waals surface area contributed by atoms with Gasteiger partial charge in [-0.15, -0.1) is 0 Å². The van der Waals surface area contributed by atoms with Crippen molar-refractivity contribution < 1.29 is 4.79 Å². The number of rotatable bonds is 3. The summed E-state index contributed by atoms with van der Waals surface area (Å²) in [6, 6.07) is 16.0. The van der Waals surface area contributed by atoms with Crippen molar-refractivity contribution in [2.75, 3.05) is 6.54 Å². The first-order chi connectivity index (χ1) is 10.8. The summed E-state index contributed by atoms with van der Waals surface area (Å²) in [5.41, 5.74) is 7.90. The molecule has 110 valence electrons. The first-order valence-corrected chi connectivity index (χ1v) is 7.63. The number of urea groups is 1. The normalized spacial score (nSPS) is 15.0. The Bertz CT molecular complexity index is 715. The molecule has 0 atom stereocenters. The number of nitrogens with one attached hydrogen (secondary N) is 2. The molecular weight excluding hydrogens is 274 g/mol. The summed E-state index contributed by atoms with van der Waals surface area (Å²) >= 11 is 0. The molecule has 0 unspecified atom stereocenters. The third-order valence-electron chi connectivity index (χ3n) is 4.17. The summed E-state index contributed by atoms with van der Waals surface area (Å²) < 4.78 is 0. The zero-order valence-corrected chi connectivity index (χ0v) is 12.2. The van der Waals surface area contributed by atoms with Crippen LogP contribution in [0.2, 0.25) is 0 Å². The fraction of sp³-hybridized carbons (Fsp3) is 0.222. The van der Waals surface area contributed by atoms with Crippen molar-refractivity contribution in [3.63, 3.8) is 0 Å². The second-order valence-corrected chi connectivity index (χ2v) is 5.82. The van der Waals surface area contributed by atoms with E-state index in [1.165, 1.54) is 12.8 Å². The third-order valence-corrected chi connectivity index (χ3v) is 4.17. The van der Waals surface area contributed by atoms with E-state index >= 15 is 0 Å². The van der Waals surface area contributed by atoms with Crippen LogP contribution in [0, 0.1) is 5.92 Å². The lowest BCUT2D eigenvalue weighted by Gasteiger charge is -2.05. The minimum absolute atomic E-state index is 0.235. The van der Waals surface area contributed by atoms with Crippen molar-refractivity contribution in [2.45, 2.75) is 12.8 Å². The summed E-state index contributed by atoms with van der Waals surface area (Å²) in [5.74, 6) is 0.659. The molecule has 0 saturated heterocycles. The lowest BCUT2D eigenvalue weighted by atomic mass is 10.1. The summed E-state index contributed by atoms with van der Waals surface area (Å²) in [4.78, 5) is 11.8. The van der Waals surface area contributed by atoms with Gasteiger partial charge in [0.1, 0.15) is 0 Å². The molecule has 2 aliphatic carbocycles. The molecule has 0 bridgehead atoms. The molecule has 2 aromatic carbocycles. The van der Waals surface area contributed by atoms with Gasteiger partial charge < -0.3 is 5.32 Å². The van der Waals surface area contributed by atoms with Crippen molar-refractivity contribution >= 4 is 11.7 Å². The smallest absolute Gasteiger partial charge is 0.335 e. The number of carbonyl (C=O) groups excluding carboxylic acids is 1. The monoisotopic (exact) mass is 291 g/mol. The Balaban J connectivity index is 1.60. The maximum atomic E-state index is 11.8. The van der Waals surface area contributed by atoms with Gasteiger partial charge in [-0.2, -0.15) is 5.10 Å².